The van der Waals surface area contributed by atoms with E-state index in [0.717, 1.165) is 5.01 Å². The molecule has 1 unspecified atom stereocenters. The molecule has 0 saturated heterocycles. The molecule has 0 fully saturated rings. The van der Waals surface area contributed by atoms with Crippen molar-refractivity contribution in [3.05, 3.63) is 29.8 Å². The number of hydrazone groups is 1. The Balaban J connectivity index is 2.20. The Morgan fingerprint density at radius 1 is 1.28 bits per heavy atom. The summed E-state index contributed by atoms with van der Waals surface area (Å²) in [6, 6.07) is 5.16. The number of halogens is 3. The SMILES string of the molecule is CCOC(=O)C1CC(C(F)(F)F)=NN1c1cccc(CNC(=O)OC(C)(C)C)c1. The lowest BCUT2D eigenvalue weighted by Gasteiger charge is -2.22. The van der Waals surface area contributed by atoms with Crippen LogP contribution in [0.3, 0.4) is 0 Å². The first-order valence-corrected chi connectivity index (χ1v) is 9.07. The van der Waals surface area contributed by atoms with Gasteiger partial charge in [-0.2, -0.15) is 18.3 Å². The number of carbonyl (C=O) groups is 2. The number of amides is 1. The van der Waals surface area contributed by atoms with Crippen molar-refractivity contribution < 1.29 is 32.2 Å². The first-order chi connectivity index (χ1) is 13.4. The van der Waals surface area contributed by atoms with Crippen LogP contribution in [0.5, 0.6) is 0 Å². The second-order valence-corrected chi connectivity index (χ2v) is 7.39. The van der Waals surface area contributed by atoms with Crippen LogP contribution in [0.25, 0.3) is 0 Å². The Hall–Kier alpha value is -2.78. The van der Waals surface area contributed by atoms with Gasteiger partial charge >= 0.3 is 18.2 Å². The van der Waals surface area contributed by atoms with Crippen molar-refractivity contribution in [2.45, 2.75) is 58.5 Å². The van der Waals surface area contributed by atoms with E-state index in [1.165, 1.54) is 6.07 Å². The zero-order valence-corrected chi connectivity index (χ0v) is 16.7. The quantitative estimate of drug-likeness (QED) is 0.741. The molecular weight excluding hydrogens is 391 g/mol. The van der Waals surface area contributed by atoms with Crippen LogP contribution in [-0.4, -0.2) is 42.2 Å². The van der Waals surface area contributed by atoms with Gasteiger partial charge in [0.05, 0.1) is 12.3 Å². The highest BCUT2D eigenvalue weighted by molar-refractivity contribution is 5.99. The lowest BCUT2D eigenvalue weighted by molar-refractivity contribution is -0.144. The first-order valence-electron chi connectivity index (χ1n) is 9.07. The number of hydrogen-bond acceptors (Lipinski definition) is 6. The number of nitrogens with zero attached hydrogens (tertiary/aromatic N) is 2. The molecule has 1 aliphatic heterocycles. The van der Waals surface area contributed by atoms with Crippen molar-refractivity contribution in [3.8, 4) is 0 Å². The fourth-order valence-corrected chi connectivity index (χ4v) is 2.64. The van der Waals surface area contributed by atoms with E-state index in [-0.39, 0.29) is 18.8 Å². The first kappa shape index (κ1) is 22.5. The number of hydrogen-bond donors (Lipinski definition) is 1. The van der Waals surface area contributed by atoms with Crippen LogP contribution in [0.15, 0.2) is 29.4 Å². The van der Waals surface area contributed by atoms with Crippen LogP contribution in [0, 0.1) is 0 Å². The monoisotopic (exact) mass is 415 g/mol. The molecule has 1 amide bonds. The summed E-state index contributed by atoms with van der Waals surface area (Å²) in [6.45, 7) is 6.90. The second kappa shape index (κ2) is 8.71. The summed E-state index contributed by atoms with van der Waals surface area (Å²) >= 11 is 0. The summed E-state index contributed by atoms with van der Waals surface area (Å²) in [6.07, 6.45) is -5.86. The van der Waals surface area contributed by atoms with E-state index in [4.69, 9.17) is 9.47 Å². The number of alkyl halides is 3. The maximum Gasteiger partial charge on any atom is 0.431 e. The number of benzene rings is 1. The van der Waals surface area contributed by atoms with Crippen molar-refractivity contribution >= 4 is 23.5 Å². The number of alkyl carbamates (subject to hydrolysis) is 1. The molecule has 7 nitrogen and oxygen atoms in total. The minimum absolute atomic E-state index is 0.0460. The van der Waals surface area contributed by atoms with Crippen LogP contribution in [0.2, 0.25) is 0 Å². The van der Waals surface area contributed by atoms with Gasteiger partial charge in [-0.15, -0.1) is 0 Å². The molecule has 1 atom stereocenters. The van der Waals surface area contributed by atoms with Gasteiger partial charge in [-0.05, 0) is 45.4 Å². The number of rotatable bonds is 5. The molecular formula is C19H24F3N3O4. The van der Waals surface area contributed by atoms with Gasteiger partial charge in [0.25, 0.3) is 0 Å². The molecule has 1 N–H and O–H groups in total. The second-order valence-electron chi connectivity index (χ2n) is 7.39. The van der Waals surface area contributed by atoms with Gasteiger partial charge in [0.2, 0.25) is 0 Å². The third-order valence-corrected chi connectivity index (χ3v) is 3.81. The number of anilines is 1. The molecule has 1 aliphatic rings. The summed E-state index contributed by atoms with van der Waals surface area (Å²) in [5, 5.41) is 7.20. The molecule has 0 aliphatic carbocycles. The third-order valence-electron chi connectivity index (χ3n) is 3.81. The van der Waals surface area contributed by atoms with E-state index in [1.807, 2.05) is 0 Å². The van der Waals surface area contributed by atoms with Gasteiger partial charge < -0.3 is 14.8 Å². The van der Waals surface area contributed by atoms with Crippen LogP contribution in [-0.2, 0) is 20.8 Å². The number of nitrogens with one attached hydrogen (secondary N) is 1. The predicted octanol–water partition coefficient (Wildman–Crippen LogP) is 3.77. The van der Waals surface area contributed by atoms with Crippen molar-refractivity contribution in [2.24, 2.45) is 5.10 Å². The molecule has 2 rings (SSSR count). The third kappa shape index (κ3) is 6.37. The van der Waals surface area contributed by atoms with Crippen molar-refractivity contribution in [2.75, 3.05) is 11.6 Å². The van der Waals surface area contributed by atoms with E-state index in [1.54, 1.807) is 45.9 Å². The van der Waals surface area contributed by atoms with Gasteiger partial charge in [0.1, 0.15) is 11.3 Å². The average molecular weight is 415 g/mol. The minimum Gasteiger partial charge on any atom is -0.464 e. The van der Waals surface area contributed by atoms with E-state index < -0.39 is 42.0 Å². The molecule has 1 aromatic rings. The predicted molar refractivity (Wildman–Crippen MR) is 101 cm³/mol. The maximum absolute atomic E-state index is 13.1. The molecule has 0 spiro atoms. The van der Waals surface area contributed by atoms with Crippen LogP contribution in [0.1, 0.15) is 39.7 Å². The Kier molecular flexibility index (Phi) is 6.76. The lowest BCUT2D eigenvalue weighted by Crippen LogP contribution is -2.36. The molecule has 0 aromatic heterocycles. The van der Waals surface area contributed by atoms with Crippen LogP contribution in [0.4, 0.5) is 23.7 Å². The van der Waals surface area contributed by atoms with Gasteiger partial charge in [-0.3, -0.25) is 5.01 Å². The molecule has 0 bridgehead atoms. The maximum atomic E-state index is 13.1. The Morgan fingerprint density at radius 2 is 1.97 bits per heavy atom. The molecule has 1 aromatic carbocycles. The molecule has 0 radical (unpaired) electrons. The normalized spacial score (nSPS) is 17.0. The zero-order valence-electron chi connectivity index (χ0n) is 16.7. The van der Waals surface area contributed by atoms with E-state index >= 15 is 0 Å². The summed E-state index contributed by atoms with van der Waals surface area (Å²) in [5.41, 5.74) is -0.818. The Labute approximate surface area is 166 Å². The highest BCUT2D eigenvalue weighted by Gasteiger charge is 2.46. The van der Waals surface area contributed by atoms with Gasteiger partial charge in [0, 0.05) is 13.0 Å². The zero-order chi connectivity index (χ0) is 21.8. The fraction of sp³-hybridized carbons (Fsp3) is 0.526. The van der Waals surface area contributed by atoms with Crippen LogP contribution < -0.4 is 10.3 Å². The van der Waals surface area contributed by atoms with E-state index in [9.17, 15) is 22.8 Å². The van der Waals surface area contributed by atoms with Gasteiger partial charge in [-0.25, -0.2) is 9.59 Å². The smallest absolute Gasteiger partial charge is 0.431 e. The summed E-state index contributed by atoms with van der Waals surface area (Å²) in [4.78, 5) is 23.9. The van der Waals surface area contributed by atoms with Crippen LogP contribution >= 0.6 is 0 Å². The van der Waals surface area contributed by atoms with E-state index in [2.05, 4.69) is 10.4 Å². The van der Waals surface area contributed by atoms with Crippen molar-refractivity contribution in [1.29, 1.82) is 0 Å². The molecule has 160 valence electrons. The summed E-state index contributed by atoms with van der Waals surface area (Å²) < 4.78 is 49.4. The van der Waals surface area contributed by atoms with E-state index in [0.29, 0.717) is 5.56 Å². The summed E-state index contributed by atoms with van der Waals surface area (Å²) in [5.74, 6) is -0.784. The molecule has 29 heavy (non-hydrogen) atoms. The topological polar surface area (TPSA) is 80.2 Å². The largest absolute Gasteiger partial charge is 0.464 e. The van der Waals surface area contributed by atoms with Crippen molar-refractivity contribution in [1.82, 2.24) is 5.32 Å². The average Bonchev–Trinajstić information content (AvgIpc) is 3.05. The lowest BCUT2D eigenvalue weighted by atomic mass is 10.1. The molecule has 10 heteroatoms. The minimum atomic E-state index is -4.64. The number of carbonyl (C=O) groups excluding carboxylic acids is 2. The fourth-order valence-electron chi connectivity index (χ4n) is 2.64. The van der Waals surface area contributed by atoms with Crippen molar-refractivity contribution in [3.63, 3.8) is 0 Å². The molecule has 0 saturated carbocycles. The standard InChI is InChI=1S/C19H24F3N3O4/c1-5-28-16(26)14-10-15(19(20,21)22)24-25(14)13-8-6-7-12(9-13)11-23-17(27)29-18(2,3)4/h6-9,14H,5,10-11H2,1-4H3,(H,23,27). The number of esters is 1. The summed E-state index contributed by atoms with van der Waals surface area (Å²) in [7, 11) is 0. The highest BCUT2D eigenvalue weighted by atomic mass is 19.4. The Bertz CT molecular complexity index is 788. The van der Waals surface area contributed by atoms with Gasteiger partial charge in [-0.1, -0.05) is 12.1 Å². The number of ether oxygens (including phenoxy) is 2. The Morgan fingerprint density at radius 3 is 2.55 bits per heavy atom. The van der Waals surface area contributed by atoms with Gasteiger partial charge in [0.15, 0.2) is 6.04 Å². The highest BCUT2D eigenvalue weighted by Crippen LogP contribution is 2.32. The molecule has 1 heterocycles.